The second-order valence-corrected chi connectivity index (χ2v) is 5.85. The quantitative estimate of drug-likeness (QED) is 0.850. The molecule has 3 heteroatoms. The molecule has 0 amide bonds. The Kier molecular flexibility index (Phi) is 4.14. The molecule has 2 N–H and O–H groups in total. The minimum absolute atomic E-state index is 0.0642. The molecule has 0 spiro atoms. The van der Waals surface area contributed by atoms with Crippen LogP contribution in [0.5, 0.6) is 5.75 Å². The number of rotatable bonds is 5. The van der Waals surface area contributed by atoms with Crippen molar-refractivity contribution in [2.45, 2.75) is 26.7 Å². The second-order valence-electron chi connectivity index (χ2n) is 5.85. The smallest absolute Gasteiger partial charge is 0.123 e. The van der Waals surface area contributed by atoms with E-state index in [1.807, 2.05) is 30.3 Å². The summed E-state index contributed by atoms with van der Waals surface area (Å²) in [6.45, 7) is 5.10. The molecule has 104 valence electrons. The van der Waals surface area contributed by atoms with Crippen molar-refractivity contribution in [3.05, 3.63) is 36.4 Å². The van der Waals surface area contributed by atoms with Crippen LogP contribution in [0, 0.1) is 16.7 Å². The average molecular weight is 268 g/mol. The zero-order valence-electron chi connectivity index (χ0n) is 12.0. The first kappa shape index (κ1) is 14.2. The molecule has 0 radical (unpaired) electrons. The number of phenols is 1. The molecular formula is C17H20N2O. The van der Waals surface area contributed by atoms with Gasteiger partial charge in [-0.15, -0.1) is 0 Å². The van der Waals surface area contributed by atoms with Crippen LogP contribution < -0.4 is 5.32 Å². The average Bonchev–Trinajstić information content (AvgIpc) is 2.44. The molecule has 0 aromatic heterocycles. The molecule has 0 saturated carbocycles. The van der Waals surface area contributed by atoms with Gasteiger partial charge in [-0.25, -0.2) is 0 Å². The minimum atomic E-state index is 0.0642. The fraction of sp³-hybridized carbons (Fsp3) is 0.353. The number of nitriles is 1. The molecule has 0 unspecified atom stereocenters. The van der Waals surface area contributed by atoms with Crippen LogP contribution in [0.1, 0.15) is 26.7 Å². The first-order valence-electron chi connectivity index (χ1n) is 6.85. The van der Waals surface area contributed by atoms with Crippen LogP contribution in [0.3, 0.4) is 0 Å². The molecule has 2 aromatic rings. The Balaban J connectivity index is 2.19. The monoisotopic (exact) mass is 268 g/mol. The molecule has 3 nitrogen and oxygen atoms in total. The van der Waals surface area contributed by atoms with E-state index in [1.54, 1.807) is 6.07 Å². The van der Waals surface area contributed by atoms with Gasteiger partial charge in [-0.05, 0) is 24.0 Å². The molecule has 0 aliphatic heterocycles. The van der Waals surface area contributed by atoms with Gasteiger partial charge in [0.1, 0.15) is 5.75 Å². The lowest BCUT2D eigenvalue weighted by molar-refractivity contribution is 0.364. The van der Waals surface area contributed by atoms with Crippen LogP contribution in [-0.2, 0) is 0 Å². The van der Waals surface area contributed by atoms with Crippen molar-refractivity contribution in [3.8, 4) is 11.8 Å². The summed E-state index contributed by atoms with van der Waals surface area (Å²) in [5.74, 6) is 0.301. The van der Waals surface area contributed by atoms with Gasteiger partial charge in [-0.2, -0.15) is 5.26 Å². The summed E-state index contributed by atoms with van der Waals surface area (Å²) in [7, 11) is 0. The minimum Gasteiger partial charge on any atom is -0.507 e. The number of aromatic hydroxyl groups is 1. The van der Waals surface area contributed by atoms with Gasteiger partial charge in [0.15, 0.2) is 0 Å². The Hall–Kier alpha value is -2.21. The Bertz CT molecular complexity index is 641. The van der Waals surface area contributed by atoms with Gasteiger partial charge in [-0.3, -0.25) is 0 Å². The van der Waals surface area contributed by atoms with Crippen LogP contribution in [-0.4, -0.2) is 11.7 Å². The van der Waals surface area contributed by atoms with Crippen LogP contribution in [0.25, 0.3) is 10.8 Å². The van der Waals surface area contributed by atoms with Crippen molar-refractivity contribution in [3.63, 3.8) is 0 Å². The first-order valence-corrected chi connectivity index (χ1v) is 6.85. The standard InChI is InChI=1S/C17H20N2O/c1-17(2,10-5-11-18)12-19-15-8-3-7-14-13(15)6-4-9-16(14)20/h3-4,6-9,19-20H,5,10,12H2,1-2H3. The third-order valence-corrected chi connectivity index (χ3v) is 3.57. The van der Waals surface area contributed by atoms with E-state index in [0.717, 1.165) is 29.4 Å². The summed E-state index contributed by atoms with van der Waals surface area (Å²) in [4.78, 5) is 0. The molecule has 0 fully saturated rings. The fourth-order valence-electron chi connectivity index (χ4n) is 2.26. The van der Waals surface area contributed by atoms with Crippen LogP contribution in [0.15, 0.2) is 36.4 Å². The fourth-order valence-corrected chi connectivity index (χ4v) is 2.26. The number of nitrogens with zero attached hydrogens (tertiary/aromatic N) is 1. The number of hydrogen-bond donors (Lipinski definition) is 2. The SMILES string of the molecule is CC(C)(CCC#N)CNc1cccc2c(O)cccc12. The van der Waals surface area contributed by atoms with E-state index in [2.05, 4.69) is 25.2 Å². The van der Waals surface area contributed by atoms with Gasteiger partial charge in [0.05, 0.1) is 6.07 Å². The van der Waals surface area contributed by atoms with Crippen molar-refractivity contribution in [1.82, 2.24) is 0 Å². The predicted molar refractivity (Wildman–Crippen MR) is 82.7 cm³/mol. The molecule has 2 rings (SSSR count). The van der Waals surface area contributed by atoms with Crippen LogP contribution >= 0.6 is 0 Å². The molecule has 0 atom stereocenters. The van der Waals surface area contributed by atoms with E-state index < -0.39 is 0 Å². The zero-order chi connectivity index (χ0) is 14.6. The van der Waals surface area contributed by atoms with Gasteiger partial charge >= 0.3 is 0 Å². The summed E-state index contributed by atoms with van der Waals surface area (Å²) in [6, 6.07) is 13.6. The summed E-state index contributed by atoms with van der Waals surface area (Å²) in [5.41, 5.74) is 1.08. The van der Waals surface area contributed by atoms with Crippen molar-refractivity contribution >= 4 is 16.5 Å². The van der Waals surface area contributed by atoms with E-state index >= 15 is 0 Å². The largest absolute Gasteiger partial charge is 0.507 e. The van der Waals surface area contributed by atoms with Crippen molar-refractivity contribution < 1.29 is 5.11 Å². The van der Waals surface area contributed by atoms with E-state index in [1.165, 1.54) is 0 Å². The summed E-state index contributed by atoms with van der Waals surface area (Å²) >= 11 is 0. The topological polar surface area (TPSA) is 56.0 Å². The highest BCUT2D eigenvalue weighted by molar-refractivity contribution is 5.97. The Labute approximate surface area is 119 Å². The van der Waals surface area contributed by atoms with Gasteiger partial charge in [0.2, 0.25) is 0 Å². The number of anilines is 1. The van der Waals surface area contributed by atoms with E-state index in [9.17, 15) is 5.11 Å². The number of phenolic OH excluding ortho intramolecular Hbond substituents is 1. The third kappa shape index (κ3) is 3.21. The molecule has 0 saturated heterocycles. The summed E-state index contributed by atoms with van der Waals surface area (Å²) in [5, 5.41) is 23.9. The lowest BCUT2D eigenvalue weighted by atomic mass is 9.88. The third-order valence-electron chi connectivity index (χ3n) is 3.57. The first-order chi connectivity index (χ1) is 9.53. The molecule has 2 aromatic carbocycles. The molecule has 0 bridgehead atoms. The zero-order valence-corrected chi connectivity index (χ0v) is 12.0. The molecular weight excluding hydrogens is 248 g/mol. The molecule has 0 aliphatic rings. The maximum absolute atomic E-state index is 9.88. The van der Waals surface area contributed by atoms with E-state index in [-0.39, 0.29) is 5.41 Å². The number of benzene rings is 2. The lowest BCUT2D eigenvalue weighted by Gasteiger charge is -2.25. The van der Waals surface area contributed by atoms with Gasteiger partial charge in [0, 0.05) is 29.4 Å². The maximum atomic E-state index is 9.88. The molecule has 0 heterocycles. The number of fused-ring (bicyclic) bond motifs is 1. The van der Waals surface area contributed by atoms with E-state index in [4.69, 9.17) is 5.26 Å². The number of nitrogens with one attached hydrogen (secondary N) is 1. The highest BCUT2D eigenvalue weighted by Gasteiger charge is 2.17. The van der Waals surface area contributed by atoms with E-state index in [0.29, 0.717) is 12.2 Å². The molecule has 20 heavy (non-hydrogen) atoms. The number of hydrogen-bond acceptors (Lipinski definition) is 3. The predicted octanol–water partition coefficient (Wildman–Crippen LogP) is 4.29. The highest BCUT2D eigenvalue weighted by Crippen LogP contribution is 2.31. The van der Waals surface area contributed by atoms with Gasteiger partial charge < -0.3 is 10.4 Å². The van der Waals surface area contributed by atoms with Crippen molar-refractivity contribution in [1.29, 1.82) is 5.26 Å². The van der Waals surface area contributed by atoms with Crippen LogP contribution in [0.2, 0.25) is 0 Å². The maximum Gasteiger partial charge on any atom is 0.123 e. The lowest BCUT2D eigenvalue weighted by Crippen LogP contribution is -2.23. The highest BCUT2D eigenvalue weighted by atomic mass is 16.3. The Morgan fingerprint density at radius 1 is 1.15 bits per heavy atom. The second kappa shape index (κ2) is 5.83. The Morgan fingerprint density at radius 3 is 2.60 bits per heavy atom. The Morgan fingerprint density at radius 2 is 1.85 bits per heavy atom. The summed E-state index contributed by atoms with van der Waals surface area (Å²) in [6.07, 6.45) is 1.44. The van der Waals surface area contributed by atoms with Crippen molar-refractivity contribution in [2.75, 3.05) is 11.9 Å². The van der Waals surface area contributed by atoms with Gasteiger partial charge in [0.25, 0.3) is 0 Å². The van der Waals surface area contributed by atoms with Gasteiger partial charge in [-0.1, -0.05) is 38.1 Å². The molecule has 0 aliphatic carbocycles. The normalized spacial score (nSPS) is 11.2. The van der Waals surface area contributed by atoms with Crippen LogP contribution in [0.4, 0.5) is 5.69 Å². The summed E-state index contributed by atoms with van der Waals surface area (Å²) < 4.78 is 0. The van der Waals surface area contributed by atoms with Crippen molar-refractivity contribution in [2.24, 2.45) is 5.41 Å².